The van der Waals surface area contributed by atoms with Crippen molar-refractivity contribution in [1.82, 2.24) is 4.90 Å². The molecule has 1 aromatic rings. The van der Waals surface area contributed by atoms with Crippen LogP contribution in [0.1, 0.15) is 19.8 Å². The van der Waals surface area contributed by atoms with Crippen LogP contribution in [-0.2, 0) is 9.59 Å². The van der Waals surface area contributed by atoms with Gasteiger partial charge in [-0.2, -0.15) is 0 Å². The van der Waals surface area contributed by atoms with Gasteiger partial charge in [0.15, 0.2) is 6.10 Å². The molecule has 2 unspecified atom stereocenters. The molecule has 0 bridgehead atoms. The van der Waals surface area contributed by atoms with Crippen molar-refractivity contribution in [1.29, 1.82) is 0 Å². The van der Waals surface area contributed by atoms with Crippen molar-refractivity contribution in [2.45, 2.75) is 25.9 Å². The van der Waals surface area contributed by atoms with Crippen molar-refractivity contribution in [3.05, 3.63) is 29.3 Å². The normalized spacial score (nSPS) is 19.3. The second kappa shape index (κ2) is 6.80. The molecule has 1 amide bonds. The lowest BCUT2D eigenvalue weighted by molar-refractivity contribution is -0.142. The largest absolute Gasteiger partial charge is 0.481 e. The zero-order valence-electron chi connectivity index (χ0n) is 11.8. The Hall–Kier alpha value is -1.75. The van der Waals surface area contributed by atoms with Gasteiger partial charge < -0.3 is 14.7 Å². The summed E-state index contributed by atoms with van der Waals surface area (Å²) in [4.78, 5) is 24.9. The molecular formula is C15H18ClNO4. The number of aliphatic carboxylic acids is 1. The van der Waals surface area contributed by atoms with E-state index in [9.17, 15) is 9.59 Å². The lowest BCUT2D eigenvalue weighted by atomic mass is 10.1. The molecule has 0 saturated carbocycles. The van der Waals surface area contributed by atoms with Crippen molar-refractivity contribution < 1.29 is 19.4 Å². The third-order valence-corrected chi connectivity index (χ3v) is 3.91. The highest BCUT2D eigenvalue weighted by atomic mass is 35.5. The third kappa shape index (κ3) is 3.67. The van der Waals surface area contributed by atoms with E-state index < -0.39 is 18.0 Å². The number of amides is 1. The van der Waals surface area contributed by atoms with E-state index in [1.807, 2.05) is 6.92 Å². The van der Waals surface area contributed by atoms with Gasteiger partial charge in [0.05, 0.1) is 10.9 Å². The number of halogens is 1. The number of hydrogen-bond donors (Lipinski definition) is 1. The molecule has 1 saturated heterocycles. The highest BCUT2D eigenvalue weighted by Crippen LogP contribution is 2.26. The molecule has 6 heteroatoms. The van der Waals surface area contributed by atoms with E-state index in [1.54, 1.807) is 29.2 Å². The Kier molecular flexibility index (Phi) is 5.07. The maximum atomic E-state index is 12.4. The highest BCUT2D eigenvalue weighted by Gasteiger charge is 2.34. The lowest BCUT2D eigenvalue weighted by Crippen LogP contribution is -2.40. The maximum absolute atomic E-state index is 12.4. The Morgan fingerprint density at radius 1 is 1.48 bits per heavy atom. The summed E-state index contributed by atoms with van der Waals surface area (Å²) in [6.07, 6.45) is 0.347. The van der Waals surface area contributed by atoms with Gasteiger partial charge in [0.1, 0.15) is 5.75 Å². The monoisotopic (exact) mass is 311 g/mol. The maximum Gasteiger partial charge on any atom is 0.308 e. The number of benzene rings is 1. The van der Waals surface area contributed by atoms with Gasteiger partial charge in [-0.1, -0.05) is 30.7 Å². The van der Waals surface area contributed by atoms with Crippen LogP contribution in [0.5, 0.6) is 5.75 Å². The van der Waals surface area contributed by atoms with Gasteiger partial charge in [0.2, 0.25) is 0 Å². The van der Waals surface area contributed by atoms with Crippen LogP contribution in [0, 0.1) is 5.92 Å². The lowest BCUT2D eigenvalue weighted by Gasteiger charge is -2.23. The molecular weight excluding hydrogens is 294 g/mol. The number of carbonyl (C=O) groups is 2. The molecule has 0 aliphatic carbocycles. The predicted octanol–water partition coefficient (Wildman–Crippen LogP) is 2.43. The summed E-state index contributed by atoms with van der Waals surface area (Å²) in [7, 11) is 0. The van der Waals surface area contributed by atoms with E-state index in [-0.39, 0.29) is 12.5 Å². The first-order chi connectivity index (χ1) is 10.0. The van der Waals surface area contributed by atoms with Gasteiger partial charge in [-0.15, -0.1) is 0 Å². The van der Waals surface area contributed by atoms with Crippen molar-refractivity contribution in [2.24, 2.45) is 5.92 Å². The predicted molar refractivity (Wildman–Crippen MR) is 78.5 cm³/mol. The molecule has 0 aromatic heterocycles. The summed E-state index contributed by atoms with van der Waals surface area (Å²) in [5.41, 5.74) is 0. The number of para-hydroxylation sites is 1. The molecule has 114 valence electrons. The van der Waals surface area contributed by atoms with Gasteiger partial charge >= 0.3 is 5.97 Å². The summed E-state index contributed by atoms with van der Waals surface area (Å²) >= 11 is 6.03. The number of ether oxygens (including phenoxy) is 1. The highest BCUT2D eigenvalue weighted by molar-refractivity contribution is 6.32. The molecule has 1 aliphatic rings. The van der Waals surface area contributed by atoms with Crippen LogP contribution in [0.2, 0.25) is 5.02 Å². The molecule has 1 fully saturated rings. The Morgan fingerprint density at radius 3 is 2.76 bits per heavy atom. The van der Waals surface area contributed by atoms with Crippen molar-refractivity contribution >= 4 is 23.5 Å². The van der Waals surface area contributed by atoms with E-state index in [2.05, 4.69) is 0 Å². The molecule has 1 aromatic carbocycles. The molecule has 1 heterocycles. The van der Waals surface area contributed by atoms with Gasteiger partial charge in [-0.05, 0) is 25.0 Å². The number of nitrogens with zero attached hydrogens (tertiary/aromatic N) is 1. The fourth-order valence-corrected chi connectivity index (χ4v) is 2.55. The Morgan fingerprint density at radius 2 is 2.19 bits per heavy atom. The zero-order chi connectivity index (χ0) is 15.4. The first kappa shape index (κ1) is 15.6. The first-order valence-corrected chi connectivity index (χ1v) is 7.33. The second-order valence-electron chi connectivity index (χ2n) is 5.05. The average Bonchev–Trinajstić information content (AvgIpc) is 2.96. The summed E-state index contributed by atoms with van der Waals surface area (Å²) in [6, 6.07) is 6.98. The van der Waals surface area contributed by atoms with E-state index in [0.29, 0.717) is 30.2 Å². The number of rotatable bonds is 5. The molecule has 1 aliphatic heterocycles. The molecule has 21 heavy (non-hydrogen) atoms. The molecule has 2 atom stereocenters. The third-order valence-electron chi connectivity index (χ3n) is 3.60. The van der Waals surface area contributed by atoms with E-state index in [4.69, 9.17) is 21.4 Å². The second-order valence-corrected chi connectivity index (χ2v) is 5.46. The minimum absolute atomic E-state index is 0.179. The van der Waals surface area contributed by atoms with Gasteiger partial charge in [-0.3, -0.25) is 9.59 Å². The fourth-order valence-electron chi connectivity index (χ4n) is 2.37. The number of carboxylic acid groups (broad SMARTS) is 1. The van der Waals surface area contributed by atoms with Crippen molar-refractivity contribution in [3.63, 3.8) is 0 Å². The van der Waals surface area contributed by atoms with Crippen LogP contribution in [0.4, 0.5) is 0 Å². The minimum atomic E-state index is -0.856. The van der Waals surface area contributed by atoms with Crippen LogP contribution in [0.15, 0.2) is 24.3 Å². The Bertz CT molecular complexity index is 534. The molecule has 5 nitrogen and oxygen atoms in total. The number of likely N-dealkylation sites (tertiary alicyclic amines) is 1. The number of carboxylic acids is 1. The van der Waals surface area contributed by atoms with E-state index in [1.165, 1.54) is 0 Å². The number of hydrogen-bond acceptors (Lipinski definition) is 3. The number of carbonyl (C=O) groups excluding carboxylic acids is 1. The van der Waals surface area contributed by atoms with E-state index >= 15 is 0 Å². The molecule has 2 rings (SSSR count). The Balaban J connectivity index is 2.03. The summed E-state index contributed by atoms with van der Waals surface area (Å²) < 4.78 is 5.69. The van der Waals surface area contributed by atoms with E-state index in [0.717, 1.165) is 0 Å². The van der Waals surface area contributed by atoms with Crippen molar-refractivity contribution in [2.75, 3.05) is 13.1 Å². The molecule has 0 radical (unpaired) electrons. The van der Waals surface area contributed by atoms with Crippen LogP contribution in [-0.4, -0.2) is 41.1 Å². The smallest absolute Gasteiger partial charge is 0.308 e. The van der Waals surface area contributed by atoms with Gasteiger partial charge in [0.25, 0.3) is 5.91 Å². The van der Waals surface area contributed by atoms with Crippen LogP contribution in [0.25, 0.3) is 0 Å². The fraction of sp³-hybridized carbons (Fsp3) is 0.467. The molecule has 1 N–H and O–H groups in total. The summed E-state index contributed by atoms with van der Waals surface area (Å²) in [6.45, 7) is 2.55. The standard InChI is InChI=1S/C15H18ClNO4/c1-2-12(21-13-6-4-3-5-11(13)16)14(18)17-8-7-10(9-17)15(19)20/h3-6,10,12H,2,7-9H2,1H3,(H,19,20). The van der Waals surface area contributed by atoms with Crippen LogP contribution in [0.3, 0.4) is 0 Å². The first-order valence-electron chi connectivity index (χ1n) is 6.95. The van der Waals surface area contributed by atoms with Crippen molar-refractivity contribution in [3.8, 4) is 5.75 Å². The SMILES string of the molecule is CCC(Oc1ccccc1Cl)C(=O)N1CCC(C(=O)O)C1. The topological polar surface area (TPSA) is 66.8 Å². The summed E-state index contributed by atoms with van der Waals surface area (Å²) in [5, 5.41) is 9.45. The molecule has 0 spiro atoms. The Labute approximate surface area is 128 Å². The summed E-state index contributed by atoms with van der Waals surface area (Å²) in [5.74, 6) is -1.05. The van der Waals surface area contributed by atoms with Gasteiger partial charge in [0, 0.05) is 13.1 Å². The quantitative estimate of drug-likeness (QED) is 0.907. The van der Waals surface area contributed by atoms with Crippen LogP contribution < -0.4 is 4.74 Å². The van der Waals surface area contributed by atoms with Gasteiger partial charge in [-0.25, -0.2) is 0 Å². The average molecular weight is 312 g/mol. The minimum Gasteiger partial charge on any atom is -0.481 e. The van der Waals surface area contributed by atoms with Crippen LogP contribution >= 0.6 is 11.6 Å². The zero-order valence-corrected chi connectivity index (χ0v) is 12.5.